The highest BCUT2D eigenvalue weighted by Crippen LogP contribution is 1.90. The van der Waals surface area contributed by atoms with Crippen LogP contribution in [-0.2, 0) is 14.9 Å². The van der Waals surface area contributed by atoms with Crippen LogP contribution in [0.5, 0.6) is 0 Å². The van der Waals surface area contributed by atoms with Crippen LogP contribution in [0.4, 0.5) is 0 Å². The first kappa shape index (κ1) is 8.34. The average Bonchev–Trinajstić information content (AvgIpc) is 1.62. The summed E-state index contributed by atoms with van der Waals surface area (Å²) in [6, 6.07) is 0. The van der Waals surface area contributed by atoms with Gasteiger partial charge in [-0.1, -0.05) is 0 Å². The highest BCUT2D eigenvalue weighted by Gasteiger charge is 2.24. The van der Waals surface area contributed by atoms with Crippen LogP contribution < -0.4 is 5.73 Å². The summed E-state index contributed by atoms with van der Waals surface area (Å²) in [4.78, 5) is 9.78. The minimum Gasteiger partial charge on any atom is -0.368 e. The lowest BCUT2D eigenvalue weighted by atomic mass is 10.7. The SMILES string of the molecule is NC(=O)C(O)S(=O)(=O)O. The Balaban J connectivity index is 4.43. The Morgan fingerprint density at radius 1 is 1.56 bits per heavy atom. The van der Waals surface area contributed by atoms with Gasteiger partial charge in [-0.25, -0.2) is 0 Å². The van der Waals surface area contributed by atoms with Crippen molar-refractivity contribution in [3.8, 4) is 0 Å². The lowest BCUT2D eigenvalue weighted by Crippen LogP contribution is -2.35. The van der Waals surface area contributed by atoms with E-state index in [1.54, 1.807) is 0 Å². The smallest absolute Gasteiger partial charge is 0.301 e. The summed E-state index contributed by atoms with van der Waals surface area (Å²) >= 11 is 0. The molecule has 54 valence electrons. The van der Waals surface area contributed by atoms with Gasteiger partial charge < -0.3 is 10.8 Å². The highest BCUT2D eigenvalue weighted by atomic mass is 32.2. The van der Waals surface area contributed by atoms with Gasteiger partial charge in [0.2, 0.25) is 0 Å². The molecule has 0 aliphatic heterocycles. The molecule has 0 fully saturated rings. The van der Waals surface area contributed by atoms with Crippen LogP contribution in [0.15, 0.2) is 0 Å². The fourth-order valence-corrected chi connectivity index (χ4v) is 0.440. The minimum absolute atomic E-state index is 1.50. The third kappa shape index (κ3) is 2.40. The summed E-state index contributed by atoms with van der Waals surface area (Å²) in [6.07, 6.45) is 0. The van der Waals surface area contributed by atoms with E-state index in [0.29, 0.717) is 0 Å². The summed E-state index contributed by atoms with van der Waals surface area (Å²) in [6.45, 7) is 0. The van der Waals surface area contributed by atoms with E-state index in [1.165, 1.54) is 0 Å². The predicted octanol–water partition coefficient (Wildman–Crippen LogP) is -2.32. The van der Waals surface area contributed by atoms with Gasteiger partial charge in [0.15, 0.2) is 0 Å². The van der Waals surface area contributed by atoms with Crippen molar-refractivity contribution < 1.29 is 22.9 Å². The molecule has 6 nitrogen and oxygen atoms in total. The molecule has 4 N–H and O–H groups in total. The quantitative estimate of drug-likeness (QED) is 0.387. The second kappa shape index (κ2) is 2.29. The van der Waals surface area contributed by atoms with E-state index in [0.717, 1.165) is 0 Å². The maximum Gasteiger partial charge on any atom is 0.301 e. The van der Waals surface area contributed by atoms with Gasteiger partial charge in [0, 0.05) is 0 Å². The predicted molar refractivity (Wildman–Crippen MR) is 26.7 cm³/mol. The molecular weight excluding hydrogens is 150 g/mol. The van der Waals surface area contributed by atoms with Crippen molar-refractivity contribution >= 4 is 16.0 Å². The Morgan fingerprint density at radius 2 is 1.89 bits per heavy atom. The second-order valence-corrected chi connectivity index (χ2v) is 2.75. The molecule has 0 aliphatic carbocycles. The van der Waals surface area contributed by atoms with E-state index in [-0.39, 0.29) is 0 Å². The van der Waals surface area contributed by atoms with Crippen molar-refractivity contribution in [2.45, 2.75) is 5.44 Å². The van der Waals surface area contributed by atoms with Crippen LogP contribution >= 0.6 is 0 Å². The molecule has 0 aromatic heterocycles. The zero-order valence-corrected chi connectivity index (χ0v) is 5.00. The third-order valence-corrected chi connectivity index (χ3v) is 1.32. The third-order valence-electron chi connectivity index (χ3n) is 0.526. The van der Waals surface area contributed by atoms with Crippen molar-refractivity contribution in [3.05, 3.63) is 0 Å². The molecule has 0 aromatic carbocycles. The summed E-state index contributed by atoms with van der Waals surface area (Å²) in [7, 11) is -4.72. The maximum atomic E-state index is 9.78. The van der Waals surface area contributed by atoms with Crippen molar-refractivity contribution in [2.75, 3.05) is 0 Å². The molecule has 0 spiro atoms. The summed E-state index contributed by atoms with van der Waals surface area (Å²) in [5.41, 5.74) is 1.78. The van der Waals surface area contributed by atoms with Crippen LogP contribution in [0.3, 0.4) is 0 Å². The Labute approximate surface area is 51.0 Å². The maximum absolute atomic E-state index is 9.78. The van der Waals surface area contributed by atoms with Gasteiger partial charge in [0.25, 0.3) is 11.3 Å². The molecule has 0 radical (unpaired) electrons. The average molecular weight is 155 g/mol. The van der Waals surface area contributed by atoms with Gasteiger partial charge in [-0.3, -0.25) is 9.35 Å². The second-order valence-electron chi connectivity index (χ2n) is 1.27. The van der Waals surface area contributed by atoms with E-state index < -0.39 is 21.5 Å². The molecule has 0 saturated heterocycles. The van der Waals surface area contributed by atoms with Gasteiger partial charge in [-0.15, -0.1) is 0 Å². The summed E-state index contributed by atoms with van der Waals surface area (Å²) in [5, 5.41) is 8.15. The minimum atomic E-state index is -4.72. The van der Waals surface area contributed by atoms with Gasteiger partial charge in [0.05, 0.1) is 0 Å². The fraction of sp³-hybridized carbons (Fsp3) is 0.500. The number of primary amides is 1. The van der Waals surface area contributed by atoms with Gasteiger partial charge >= 0.3 is 10.1 Å². The number of aliphatic hydroxyl groups is 1. The first-order chi connectivity index (χ1) is 3.85. The van der Waals surface area contributed by atoms with E-state index >= 15 is 0 Å². The molecule has 0 saturated carbocycles. The number of rotatable bonds is 2. The fourth-order valence-electron chi connectivity index (χ4n) is 0.147. The lowest BCUT2D eigenvalue weighted by Gasteiger charge is -1.98. The topological polar surface area (TPSA) is 118 Å². The standard InChI is InChI=1S/C2H5NO5S/c3-1(4)2(5)9(6,7)8/h2,5H,(H2,3,4)(H,6,7,8). The molecular formula is C2H5NO5S. The van der Waals surface area contributed by atoms with E-state index in [2.05, 4.69) is 5.73 Å². The first-order valence-electron chi connectivity index (χ1n) is 1.79. The van der Waals surface area contributed by atoms with E-state index in [1.807, 2.05) is 0 Å². The number of nitrogens with two attached hydrogens (primary N) is 1. The first-order valence-corrected chi connectivity index (χ1v) is 3.29. The van der Waals surface area contributed by atoms with Gasteiger partial charge in [-0.2, -0.15) is 8.42 Å². The molecule has 1 atom stereocenters. The van der Waals surface area contributed by atoms with Crippen molar-refractivity contribution in [1.82, 2.24) is 0 Å². The van der Waals surface area contributed by atoms with Crippen LogP contribution in [0.1, 0.15) is 0 Å². The van der Waals surface area contributed by atoms with Crippen molar-refractivity contribution in [1.29, 1.82) is 0 Å². The van der Waals surface area contributed by atoms with Crippen molar-refractivity contribution in [2.24, 2.45) is 5.73 Å². The molecule has 0 bridgehead atoms. The lowest BCUT2D eigenvalue weighted by molar-refractivity contribution is -0.122. The molecule has 0 rings (SSSR count). The molecule has 9 heavy (non-hydrogen) atoms. The Hall–Kier alpha value is -0.660. The van der Waals surface area contributed by atoms with Crippen molar-refractivity contribution in [3.63, 3.8) is 0 Å². The molecule has 0 aliphatic rings. The zero-order valence-electron chi connectivity index (χ0n) is 4.18. The number of carbonyl (C=O) groups is 1. The Kier molecular flexibility index (Phi) is 2.13. The number of amides is 1. The van der Waals surface area contributed by atoms with Gasteiger partial charge in [-0.05, 0) is 0 Å². The molecule has 0 aromatic rings. The normalized spacial score (nSPS) is 14.9. The number of carbonyl (C=O) groups excluding carboxylic acids is 1. The highest BCUT2D eigenvalue weighted by molar-refractivity contribution is 7.87. The molecule has 1 amide bonds. The monoisotopic (exact) mass is 155 g/mol. The largest absolute Gasteiger partial charge is 0.368 e. The molecule has 7 heteroatoms. The summed E-state index contributed by atoms with van der Waals surface area (Å²) in [5.74, 6) is -1.50. The number of hydrogen-bond donors (Lipinski definition) is 3. The van der Waals surface area contributed by atoms with E-state index in [4.69, 9.17) is 9.66 Å². The Morgan fingerprint density at radius 3 is 1.89 bits per heavy atom. The summed E-state index contributed by atoms with van der Waals surface area (Å²) < 4.78 is 27.4. The Bertz CT molecular complexity index is 205. The molecule has 0 heterocycles. The molecule has 1 unspecified atom stereocenters. The van der Waals surface area contributed by atoms with E-state index in [9.17, 15) is 13.2 Å². The van der Waals surface area contributed by atoms with Crippen LogP contribution in [0.2, 0.25) is 0 Å². The number of hydrogen-bond acceptors (Lipinski definition) is 4. The van der Waals surface area contributed by atoms with Crippen LogP contribution in [-0.4, -0.2) is 29.4 Å². The number of aliphatic hydroxyl groups excluding tert-OH is 1. The van der Waals surface area contributed by atoms with Crippen LogP contribution in [0.25, 0.3) is 0 Å². The van der Waals surface area contributed by atoms with Gasteiger partial charge in [0.1, 0.15) is 0 Å². The van der Waals surface area contributed by atoms with Crippen LogP contribution in [0, 0.1) is 0 Å². The zero-order chi connectivity index (χ0) is 7.65.